The summed E-state index contributed by atoms with van der Waals surface area (Å²) in [7, 11) is 1.60. The second kappa shape index (κ2) is 6.11. The molecule has 2 rings (SSSR count). The zero-order valence-corrected chi connectivity index (χ0v) is 12.1. The summed E-state index contributed by atoms with van der Waals surface area (Å²) in [6.07, 6.45) is 0.583. The summed E-state index contributed by atoms with van der Waals surface area (Å²) in [5.74, 6) is -1.62. The fourth-order valence-electron chi connectivity index (χ4n) is 2.67. The second-order valence-corrected chi connectivity index (χ2v) is 5.60. The van der Waals surface area contributed by atoms with Gasteiger partial charge >= 0.3 is 12.0 Å². The summed E-state index contributed by atoms with van der Waals surface area (Å²) >= 11 is 0. The number of piperidine rings is 1. The zero-order valence-electron chi connectivity index (χ0n) is 12.1. The van der Waals surface area contributed by atoms with E-state index in [1.54, 1.807) is 11.9 Å². The molecule has 1 aromatic rings. The lowest BCUT2D eigenvalue weighted by Gasteiger charge is -2.36. The Morgan fingerprint density at radius 1 is 1.29 bits per heavy atom. The van der Waals surface area contributed by atoms with Crippen LogP contribution in [0.4, 0.5) is 14.9 Å². The van der Waals surface area contributed by atoms with E-state index in [0.717, 1.165) is 0 Å². The number of anilines is 1. The van der Waals surface area contributed by atoms with Crippen molar-refractivity contribution in [1.29, 1.82) is 0 Å². The lowest BCUT2D eigenvalue weighted by molar-refractivity contribution is -0.143. The summed E-state index contributed by atoms with van der Waals surface area (Å²) in [4.78, 5) is 26.6. The molecule has 1 N–H and O–H groups in total. The third-order valence-corrected chi connectivity index (χ3v) is 3.78. The second-order valence-electron chi connectivity index (χ2n) is 5.60. The summed E-state index contributed by atoms with van der Waals surface area (Å²) in [6.45, 7) is 2.69. The molecular formula is C15H19FN2O3. The van der Waals surface area contributed by atoms with E-state index in [0.29, 0.717) is 18.7 Å². The van der Waals surface area contributed by atoms with Gasteiger partial charge in [0.1, 0.15) is 5.82 Å². The molecule has 2 atom stereocenters. The first-order valence-corrected chi connectivity index (χ1v) is 6.89. The van der Waals surface area contributed by atoms with Crippen LogP contribution in [0.5, 0.6) is 0 Å². The minimum absolute atomic E-state index is 0.144. The Labute approximate surface area is 123 Å². The average Bonchev–Trinajstić information content (AvgIpc) is 2.45. The van der Waals surface area contributed by atoms with E-state index in [4.69, 9.17) is 5.11 Å². The maximum absolute atomic E-state index is 12.9. The van der Waals surface area contributed by atoms with Gasteiger partial charge in [-0.25, -0.2) is 9.18 Å². The first-order valence-electron chi connectivity index (χ1n) is 6.89. The highest BCUT2D eigenvalue weighted by molar-refractivity contribution is 5.91. The van der Waals surface area contributed by atoms with Crippen molar-refractivity contribution in [3.63, 3.8) is 0 Å². The summed E-state index contributed by atoms with van der Waals surface area (Å²) < 4.78 is 12.9. The number of benzene rings is 1. The van der Waals surface area contributed by atoms with Crippen LogP contribution in [0.2, 0.25) is 0 Å². The fourth-order valence-corrected chi connectivity index (χ4v) is 2.67. The lowest BCUT2D eigenvalue weighted by atomic mass is 9.91. The molecule has 1 aliphatic rings. The molecular weight excluding hydrogens is 275 g/mol. The van der Waals surface area contributed by atoms with Gasteiger partial charge in [0.05, 0.1) is 5.92 Å². The largest absolute Gasteiger partial charge is 0.481 e. The Kier molecular flexibility index (Phi) is 4.45. The number of hydrogen-bond acceptors (Lipinski definition) is 2. The number of carbonyl (C=O) groups excluding carboxylic acids is 1. The summed E-state index contributed by atoms with van der Waals surface area (Å²) in [5, 5.41) is 9.15. The number of carboxylic acid groups (broad SMARTS) is 1. The monoisotopic (exact) mass is 294 g/mol. The number of hydrogen-bond donors (Lipinski definition) is 1. The van der Waals surface area contributed by atoms with Crippen LogP contribution in [0.15, 0.2) is 24.3 Å². The lowest BCUT2D eigenvalue weighted by Crippen LogP contribution is -2.50. The van der Waals surface area contributed by atoms with Crippen LogP contribution in [-0.2, 0) is 4.79 Å². The van der Waals surface area contributed by atoms with Crippen LogP contribution in [0.3, 0.4) is 0 Å². The quantitative estimate of drug-likeness (QED) is 0.911. The summed E-state index contributed by atoms with van der Waals surface area (Å²) in [6, 6.07) is 5.36. The van der Waals surface area contributed by atoms with Gasteiger partial charge in [-0.2, -0.15) is 0 Å². The summed E-state index contributed by atoms with van der Waals surface area (Å²) in [5.41, 5.74) is 0.575. The van der Waals surface area contributed by atoms with E-state index in [9.17, 15) is 14.0 Å². The number of rotatable bonds is 2. The first-order chi connectivity index (χ1) is 9.88. The van der Waals surface area contributed by atoms with Crippen molar-refractivity contribution < 1.29 is 19.1 Å². The van der Waals surface area contributed by atoms with E-state index in [-0.39, 0.29) is 24.3 Å². The molecule has 0 radical (unpaired) electrons. The molecule has 1 aromatic carbocycles. The molecule has 0 aromatic heterocycles. The average molecular weight is 294 g/mol. The molecule has 1 aliphatic heterocycles. The van der Waals surface area contributed by atoms with Gasteiger partial charge in [0.15, 0.2) is 0 Å². The Morgan fingerprint density at radius 3 is 2.48 bits per heavy atom. The maximum atomic E-state index is 12.9. The molecule has 21 heavy (non-hydrogen) atoms. The molecule has 1 heterocycles. The highest BCUT2D eigenvalue weighted by Crippen LogP contribution is 2.24. The zero-order chi connectivity index (χ0) is 15.6. The highest BCUT2D eigenvalue weighted by atomic mass is 19.1. The van der Waals surface area contributed by atoms with Crippen LogP contribution in [-0.4, -0.2) is 42.1 Å². The van der Waals surface area contributed by atoms with Crippen LogP contribution in [0.25, 0.3) is 0 Å². The Balaban J connectivity index is 2.11. The van der Waals surface area contributed by atoms with Crippen molar-refractivity contribution in [2.75, 3.05) is 25.0 Å². The van der Waals surface area contributed by atoms with E-state index in [1.807, 2.05) is 6.92 Å². The van der Waals surface area contributed by atoms with E-state index in [2.05, 4.69) is 0 Å². The molecule has 0 bridgehead atoms. The topological polar surface area (TPSA) is 60.9 Å². The SMILES string of the molecule is CC1CC(C(=O)O)CN(C(=O)N(C)c2ccc(F)cc2)C1. The fraction of sp³-hybridized carbons (Fsp3) is 0.467. The van der Waals surface area contributed by atoms with Gasteiger partial charge in [-0.05, 0) is 36.6 Å². The molecule has 2 amide bonds. The number of likely N-dealkylation sites (tertiary alicyclic amines) is 1. The Bertz CT molecular complexity index is 532. The van der Waals surface area contributed by atoms with Crippen molar-refractivity contribution >= 4 is 17.7 Å². The molecule has 0 spiro atoms. The van der Waals surface area contributed by atoms with E-state index in [1.165, 1.54) is 29.2 Å². The number of carboxylic acids is 1. The van der Waals surface area contributed by atoms with Crippen LogP contribution >= 0.6 is 0 Å². The third kappa shape index (κ3) is 3.51. The van der Waals surface area contributed by atoms with Crippen molar-refractivity contribution in [2.45, 2.75) is 13.3 Å². The van der Waals surface area contributed by atoms with Crippen molar-refractivity contribution in [2.24, 2.45) is 11.8 Å². The Morgan fingerprint density at radius 2 is 1.90 bits per heavy atom. The predicted octanol–water partition coefficient (Wildman–Crippen LogP) is 2.42. The van der Waals surface area contributed by atoms with Crippen LogP contribution in [0, 0.1) is 17.7 Å². The standard InChI is InChI=1S/C15H19FN2O3/c1-10-7-11(14(19)20)9-18(8-10)15(21)17(2)13-5-3-12(16)4-6-13/h3-6,10-11H,7-9H2,1-2H3,(H,19,20). The molecule has 0 saturated carbocycles. The molecule has 114 valence electrons. The number of carbonyl (C=O) groups is 2. The minimum Gasteiger partial charge on any atom is -0.481 e. The number of amides is 2. The molecule has 0 aliphatic carbocycles. The van der Waals surface area contributed by atoms with E-state index >= 15 is 0 Å². The molecule has 6 heteroatoms. The van der Waals surface area contributed by atoms with Gasteiger partial charge in [-0.3, -0.25) is 9.69 Å². The van der Waals surface area contributed by atoms with Gasteiger partial charge in [0.25, 0.3) is 0 Å². The molecule has 2 unspecified atom stereocenters. The van der Waals surface area contributed by atoms with Gasteiger partial charge in [0, 0.05) is 25.8 Å². The maximum Gasteiger partial charge on any atom is 0.324 e. The van der Waals surface area contributed by atoms with Gasteiger partial charge < -0.3 is 10.0 Å². The van der Waals surface area contributed by atoms with Crippen molar-refractivity contribution in [3.05, 3.63) is 30.1 Å². The van der Waals surface area contributed by atoms with Crippen LogP contribution < -0.4 is 4.90 Å². The van der Waals surface area contributed by atoms with Crippen molar-refractivity contribution in [1.82, 2.24) is 4.90 Å². The van der Waals surface area contributed by atoms with Gasteiger partial charge in [-0.1, -0.05) is 6.92 Å². The first kappa shape index (κ1) is 15.3. The Hall–Kier alpha value is -2.11. The minimum atomic E-state index is -0.871. The smallest absolute Gasteiger partial charge is 0.324 e. The molecule has 1 fully saturated rings. The number of urea groups is 1. The van der Waals surface area contributed by atoms with Crippen molar-refractivity contribution in [3.8, 4) is 0 Å². The molecule has 1 saturated heterocycles. The van der Waals surface area contributed by atoms with Gasteiger partial charge in [0.2, 0.25) is 0 Å². The third-order valence-electron chi connectivity index (χ3n) is 3.78. The number of aliphatic carboxylic acids is 1. The highest BCUT2D eigenvalue weighted by Gasteiger charge is 2.33. The number of nitrogens with zero attached hydrogens (tertiary/aromatic N) is 2. The van der Waals surface area contributed by atoms with E-state index < -0.39 is 11.9 Å². The molecule has 5 nitrogen and oxygen atoms in total. The predicted molar refractivity (Wildman–Crippen MR) is 76.7 cm³/mol. The van der Waals surface area contributed by atoms with Crippen LogP contribution in [0.1, 0.15) is 13.3 Å². The van der Waals surface area contributed by atoms with Gasteiger partial charge in [-0.15, -0.1) is 0 Å². The number of halogens is 1. The normalized spacial score (nSPS) is 22.0.